The van der Waals surface area contributed by atoms with Gasteiger partial charge in [-0.1, -0.05) is 0 Å². The van der Waals surface area contributed by atoms with Crippen molar-refractivity contribution in [2.45, 2.75) is 18.1 Å². The highest BCUT2D eigenvalue weighted by Crippen LogP contribution is 2.20. The number of thioether (sulfide) groups is 1. The van der Waals surface area contributed by atoms with E-state index >= 15 is 0 Å². The Morgan fingerprint density at radius 2 is 2.33 bits per heavy atom. The van der Waals surface area contributed by atoms with E-state index in [2.05, 4.69) is 15.6 Å². The summed E-state index contributed by atoms with van der Waals surface area (Å²) < 4.78 is 13.3. The molecule has 0 atom stereocenters. The fourth-order valence-electron chi connectivity index (χ4n) is 1.82. The quantitative estimate of drug-likeness (QED) is 0.872. The molecule has 98 valence electrons. The molecule has 1 amide bonds. The van der Waals surface area contributed by atoms with Crippen molar-refractivity contribution in [3.05, 3.63) is 24.3 Å². The molecular weight excluding hydrogens is 253 g/mol. The summed E-state index contributed by atoms with van der Waals surface area (Å²) in [5.74, 6) is -0.298. The highest BCUT2D eigenvalue weighted by atomic mass is 32.2. The van der Waals surface area contributed by atoms with Gasteiger partial charge in [0.05, 0.1) is 17.6 Å². The van der Waals surface area contributed by atoms with Crippen molar-refractivity contribution >= 4 is 23.4 Å². The van der Waals surface area contributed by atoms with E-state index in [1.165, 1.54) is 12.3 Å². The second-order valence-corrected chi connectivity index (χ2v) is 5.45. The molecule has 6 heteroatoms. The van der Waals surface area contributed by atoms with Gasteiger partial charge in [0.15, 0.2) is 5.82 Å². The number of nitrogens with one attached hydrogen (secondary N) is 2. The highest BCUT2D eigenvalue weighted by molar-refractivity contribution is 8.00. The molecule has 0 aromatic carbocycles. The number of amides is 1. The molecule has 1 aliphatic heterocycles. The molecule has 0 radical (unpaired) electrons. The molecule has 0 saturated carbocycles. The molecule has 0 unspecified atom stereocenters. The number of hydrogen-bond donors (Lipinski definition) is 2. The van der Waals surface area contributed by atoms with Crippen LogP contribution in [0.1, 0.15) is 12.8 Å². The maximum Gasteiger partial charge on any atom is 0.234 e. The Hall–Kier alpha value is -1.14. The van der Waals surface area contributed by atoms with E-state index in [9.17, 15) is 9.18 Å². The number of halogens is 1. The second-order valence-electron chi connectivity index (χ2n) is 4.16. The first-order chi connectivity index (χ1) is 8.75. The van der Waals surface area contributed by atoms with E-state index in [4.69, 9.17) is 0 Å². The van der Waals surface area contributed by atoms with Crippen LogP contribution in [0.2, 0.25) is 0 Å². The first-order valence-corrected chi connectivity index (χ1v) is 7.02. The molecule has 18 heavy (non-hydrogen) atoms. The van der Waals surface area contributed by atoms with Crippen LogP contribution in [-0.2, 0) is 4.79 Å². The summed E-state index contributed by atoms with van der Waals surface area (Å²) in [6.07, 6.45) is 4.72. The van der Waals surface area contributed by atoms with Crippen LogP contribution in [0, 0.1) is 5.82 Å². The zero-order chi connectivity index (χ0) is 12.8. The molecule has 1 saturated heterocycles. The molecule has 1 fully saturated rings. The SMILES string of the molecule is O=C(CSC1CCNCC1)Nc1ccncc1F. The zero-order valence-corrected chi connectivity index (χ0v) is 10.8. The molecule has 1 aromatic rings. The van der Waals surface area contributed by atoms with E-state index in [0.29, 0.717) is 11.0 Å². The van der Waals surface area contributed by atoms with Crippen molar-refractivity contribution in [3.63, 3.8) is 0 Å². The third-order valence-electron chi connectivity index (χ3n) is 2.78. The third-order valence-corrected chi connectivity index (χ3v) is 4.15. The van der Waals surface area contributed by atoms with Gasteiger partial charge in [0.2, 0.25) is 5.91 Å². The smallest absolute Gasteiger partial charge is 0.234 e. The van der Waals surface area contributed by atoms with Crippen LogP contribution in [0.4, 0.5) is 10.1 Å². The van der Waals surface area contributed by atoms with Crippen molar-refractivity contribution < 1.29 is 9.18 Å². The number of rotatable bonds is 4. The van der Waals surface area contributed by atoms with Gasteiger partial charge in [-0.15, -0.1) is 11.8 Å². The first kappa shape index (κ1) is 13.3. The van der Waals surface area contributed by atoms with Crippen LogP contribution in [0.25, 0.3) is 0 Å². The van der Waals surface area contributed by atoms with Crippen molar-refractivity contribution in [3.8, 4) is 0 Å². The Morgan fingerprint density at radius 3 is 3.06 bits per heavy atom. The number of aromatic nitrogens is 1. The lowest BCUT2D eigenvalue weighted by molar-refractivity contribution is -0.113. The maximum atomic E-state index is 13.3. The lowest BCUT2D eigenvalue weighted by Crippen LogP contribution is -2.30. The van der Waals surface area contributed by atoms with Gasteiger partial charge in [-0.05, 0) is 32.0 Å². The van der Waals surface area contributed by atoms with E-state index < -0.39 is 5.82 Å². The van der Waals surface area contributed by atoms with Crippen LogP contribution in [0.5, 0.6) is 0 Å². The van der Waals surface area contributed by atoms with Gasteiger partial charge in [0.1, 0.15) is 0 Å². The van der Waals surface area contributed by atoms with E-state index in [1.54, 1.807) is 11.8 Å². The summed E-state index contributed by atoms with van der Waals surface area (Å²) in [7, 11) is 0. The van der Waals surface area contributed by atoms with Gasteiger partial charge in [-0.25, -0.2) is 4.39 Å². The van der Waals surface area contributed by atoms with Crippen LogP contribution in [-0.4, -0.2) is 35.0 Å². The number of anilines is 1. The number of piperidine rings is 1. The van der Waals surface area contributed by atoms with E-state index in [1.807, 2.05) is 0 Å². The van der Waals surface area contributed by atoms with Gasteiger partial charge < -0.3 is 10.6 Å². The average molecular weight is 269 g/mol. The topological polar surface area (TPSA) is 54.0 Å². The summed E-state index contributed by atoms with van der Waals surface area (Å²) >= 11 is 1.64. The molecule has 0 bridgehead atoms. The highest BCUT2D eigenvalue weighted by Gasteiger charge is 2.15. The summed E-state index contributed by atoms with van der Waals surface area (Å²) in [5.41, 5.74) is 0.195. The first-order valence-electron chi connectivity index (χ1n) is 5.97. The summed E-state index contributed by atoms with van der Waals surface area (Å²) in [4.78, 5) is 15.3. The number of nitrogens with zero attached hydrogens (tertiary/aromatic N) is 1. The fourth-order valence-corrected chi connectivity index (χ4v) is 2.85. The van der Waals surface area contributed by atoms with Crippen LogP contribution in [0.15, 0.2) is 18.5 Å². The van der Waals surface area contributed by atoms with Crippen molar-refractivity contribution in [1.29, 1.82) is 0 Å². The minimum absolute atomic E-state index is 0.163. The number of carbonyl (C=O) groups excluding carboxylic acids is 1. The Balaban J connectivity index is 1.76. The van der Waals surface area contributed by atoms with E-state index in [-0.39, 0.29) is 11.6 Å². The minimum atomic E-state index is -0.502. The molecule has 4 nitrogen and oxygen atoms in total. The third kappa shape index (κ3) is 3.96. The zero-order valence-electron chi connectivity index (χ0n) is 9.99. The van der Waals surface area contributed by atoms with Gasteiger partial charge in [0.25, 0.3) is 0 Å². The van der Waals surface area contributed by atoms with Crippen LogP contribution in [0.3, 0.4) is 0 Å². The van der Waals surface area contributed by atoms with Gasteiger partial charge in [-0.3, -0.25) is 9.78 Å². The minimum Gasteiger partial charge on any atom is -0.323 e. The van der Waals surface area contributed by atoms with E-state index in [0.717, 1.165) is 32.1 Å². The Morgan fingerprint density at radius 1 is 1.56 bits per heavy atom. The van der Waals surface area contributed by atoms with Crippen LogP contribution < -0.4 is 10.6 Å². The van der Waals surface area contributed by atoms with Gasteiger partial charge >= 0.3 is 0 Å². The molecule has 0 aliphatic carbocycles. The number of carbonyl (C=O) groups is 1. The van der Waals surface area contributed by atoms with Gasteiger partial charge in [-0.2, -0.15) is 0 Å². The van der Waals surface area contributed by atoms with Crippen molar-refractivity contribution in [2.75, 3.05) is 24.2 Å². The lowest BCUT2D eigenvalue weighted by Gasteiger charge is -2.21. The molecule has 1 aromatic heterocycles. The summed E-state index contributed by atoms with van der Waals surface area (Å²) in [6, 6.07) is 1.46. The number of hydrogen-bond acceptors (Lipinski definition) is 4. The molecule has 2 N–H and O–H groups in total. The Bertz CT molecular complexity index is 410. The largest absolute Gasteiger partial charge is 0.323 e. The lowest BCUT2D eigenvalue weighted by atomic mass is 10.2. The molecule has 2 heterocycles. The maximum absolute atomic E-state index is 13.3. The van der Waals surface area contributed by atoms with Crippen LogP contribution >= 0.6 is 11.8 Å². The number of pyridine rings is 1. The predicted molar refractivity (Wildman–Crippen MR) is 71.2 cm³/mol. The molecular formula is C12H16FN3OS. The standard InChI is InChI=1S/C12H16FN3OS/c13-10-7-15-6-3-11(10)16-12(17)8-18-9-1-4-14-5-2-9/h3,6-7,9,14H,1-2,4-5,8H2,(H,15,16,17). The Kier molecular flexibility index (Phi) is 4.95. The molecule has 1 aliphatic rings. The Labute approximate surface area is 110 Å². The fraction of sp³-hybridized carbons (Fsp3) is 0.500. The van der Waals surface area contributed by atoms with Crippen molar-refractivity contribution in [2.24, 2.45) is 0 Å². The molecule has 2 rings (SSSR count). The second kappa shape index (κ2) is 6.70. The molecule has 0 spiro atoms. The van der Waals surface area contributed by atoms with Gasteiger partial charge in [0, 0.05) is 11.4 Å². The predicted octanol–water partition coefficient (Wildman–Crippen LogP) is 1.64. The summed E-state index contributed by atoms with van der Waals surface area (Å²) in [5, 5.41) is 6.37. The average Bonchev–Trinajstić information content (AvgIpc) is 2.40. The summed E-state index contributed by atoms with van der Waals surface area (Å²) in [6.45, 7) is 2.02. The monoisotopic (exact) mass is 269 g/mol. The van der Waals surface area contributed by atoms with Crippen molar-refractivity contribution in [1.82, 2.24) is 10.3 Å². The normalized spacial score (nSPS) is 16.5.